The number of fused-ring (bicyclic) bond motifs is 1. The normalized spacial score (nSPS) is 10.7. The molecule has 0 N–H and O–H groups in total. The SMILES string of the molecule is CCOC(=O)c1oc2cc(Cl)ccc2c1C. The average molecular weight is 239 g/mol. The number of rotatable bonds is 2. The molecule has 0 aliphatic heterocycles. The molecular weight excluding hydrogens is 228 g/mol. The third-order valence-corrected chi connectivity index (χ3v) is 2.60. The van der Waals surface area contributed by atoms with E-state index in [-0.39, 0.29) is 5.76 Å². The van der Waals surface area contributed by atoms with Gasteiger partial charge in [0.15, 0.2) is 0 Å². The molecule has 1 aromatic carbocycles. The second-order valence-corrected chi connectivity index (χ2v) is 3.85. The monoisotopic (exact) mass is 238 g/mol. The minimum atomic E-state index is -0.438. The van der Waals surface area contributed by atoms with Crippen LogP contribution in [-0.4, -0.2) is 12.6 Å². The molecule has 0 unspecified atom stereocenters. The summed E-state index contributed by atoms with van der Waals surface area (Å²) in [6, 6.07) is 5.28. The maximum atomic E-state index is 11.6. The van der Waals surface area contributed by atoms with Gasteiger partial charge in [0, 0.05) is 22.0 Å². The van der Waals surface area contributed by atoms with Crippen molar-refractivity contribution in [3.05, 3.63) is 34.5 Å². The Bertz CT molecular complexity index is 542. The smallest absolute Gasteiger partial charge is 0.374 e. The lowest BCUT2D eigenvalue weighted by molar-refractivity contribution is 0.0491. The number of esters is 1. The minimum Gasteiger partial charge on any atom is -0.460 e. The Kier molecular flexibility index (Phi) is 2.88. The molecule has 2 aromatic rings. The predicted molar refractivity (Wildman–Crippen MR) is 61.9 cm³/mol. The van der Waals surface area contributed by atoms with Crippen LogP contribution in [0.25, 0.3) is 11.0 Å². The topological polar surface area (TPSA) is 39.4 Å². The zero-order valence-corrected chi connectivity index (χ0v) is 9.80. The summed E-state index contributed by atoms with van der Waals surface area (Å²) in [4.78, 5) is 11.6. The molecule has 0 saturated heterocycles. The Balaban J connectivity index is 2.55. The molecule has 0 aliphatic rings. The highest BCUT2D eigenvalue weighted by Crippen LogP contribution is 2.28. The fourth-order valence-corrected chi connectivity index (χ4v) is 1.75. The Hall–Kier alpha value is -1.48. The maximum Gasteiger partial charge on any atom is 0.374 e. The number of aryl methyl sites for hydroxylation is 1. The highest BCUT2D eigenvalue weighted by Gasteiger charge is 2.18. The lowest BCUT2D eigenvalue weighted by Crippen LogP contribution is -2.04. The van der Waals surface area contributed by atoms with E-state index in [1.807, 2.05) is 13.0 Å². The van der Waals surface area contributed by atoms with E-state index >= 15 is 0 Å². The van der Waals surface area contributed by atoms with Crippen molar-refractivity contribution in [1.29, 1.82) is 0 Å². The van der Waals surface area contributed by atoms with Crippen molar-refractivity contribution in [2.24, 2.45) is 0 Å². The Morgan fingerprint density at radius 1 is 1.50 bits per heavy atom. The van der Waals surface area contributed by atoms with Gasteiger partial charge in [-0.3, -0.25) is 0 Å². The molecule has 84 valence electrons. The summed E-state index contributed by atoms with van der Waals surface area (Å²) in [7, 11) is 0. The van der Waals surface area contributed by atoms with E-state index in [1.54, 1.807) is 19.1 Å². The van der Waals surface area contributed by atoms with Crippen molar-refractivity contribution in [2.45, 2.75) is 13.8 Å². The predicted octanol–water partition coefficient (Wildman–Crippen LogP) is 3.57. The van der Waals surface area contributed by atoms with Crippen LogP contribution in [0.4, 0.5) is 0 Å². The van der Waals surface area contributed by atoms with Crippen LogP contribution in [0.15, 0.2) is 22.6 Å². The van der Waals surface area contributed by atoms with E-state index in [0.29, 0.717) is 17.2 Å². The van der Waals surface area contributed by atoms with Crippen LogP contribution in [0.2, 0.25) is 5.02 Å². The van der Waals surface area contributed by atoms with Crippen molar-refractivity contribution >= 4 is 28.5 Å². The van der Waals surface area contributed by atoms with Gasteiger partial charge in [-0.2, -0.15) is 0 Å². The van der Waals surface area contributed by atoms with Crippen LogP contribution < -0.4 is 0 Å². The zero-order valence-electron chi connectivity index (χ0n) is 9.04. The van der Waals surface area contributed by atoms with E-state index in [2.05, 4.69) is 0 Å². The largest absolute Gasteiger partial charge is 0.460 e. The van der Waals surface area contributed by atoms with Crippen LogP contribution in [0.3, 0.4) is 0 Å². The molecule has 2 rings (SSSR count). The number of hydrogen-bond acceptors (Lipinski definition) is 3. The van der Waals surface area contributed by atoms with Crippen LogP contribution in [-0.2, 0) is 4.74 Å². The fraction of sp³-hybridized carbons (Fsp3) is 0.250. The van der Waals surface area contributed by atoms with Crippen LogP contribution in [0, 0.1) is 6.92 Å². The summed E-state index contributed by atoms with van der Waals surface area (Å²) >= 11 is 5.84. The molecule has 1 aromatic heterocycles. The third kappa shape index (κ3) is 1.78. The highest BCUT2D eigenvalue weighted by atomic mass is 35.5. The summed E-state index contributed by atoms with van der Waals surface area (Å²) in [6.45, 7) is 3.91. The second kappa shape index (κ2) is 4.18. The first kappa shape index (κ1) is 11.0. The molecule has 0 fully saturated rings. The van der Waals surface area contributed by atoms with E-state index in [1.165, 1.54) is 0 Å². The van der Waals surface area contributed by atoms with Crippen LogP contribution in [0.5, 0.6) is 0 Å². The van der Waals surface area contributed by atoms with Gasteiger partial charge in [-0.1, -0.05) is 11.6 Å². The summed E-state index contributed by atoms with van der Waals surface area (Å²) in [6.07, 6.45) is 0. The van der Waals surface area contributed by atoms with Crippen molar-refractivity contribution < 1.29 is 13.9 Å². The third-order valence-electron chi connectivity index (χ3n) is 2.36. The molecule has 16 heavy (non-hydrogen) atoms. The Morgan fingerprint density at radius 3 is 2.94 bits per heavy atom. The highest BCUT2D eigenvalue weighted by molar-refractivity contribution is 6.31. The quantitative estimate of drug-likeness (QED) is 0.751. The van der Waals surface area contributed by atoms with E-state index in [9.17, 15) is 4.79 Å². The van der Waals surface area contributed by atoms with Crippen molar-refractivity contribution in [1.82, 2.24) is 0 Å². The number of benzene rings is 1. The Morgan fingerprint density at radius 2 is 2.25 bits per heavy atom. The molecule has 4 heteroatoms. The standard InChI is InChI=1S/C12H11ClO3/c1-3-15-12(14)11-7(2)9-5-4-8(13)6-10(9)16-11/h4-6H,3H2,1-2H3. The van der Waals surface area contributed by atoms with E-state index in [4.69, 9.17) is 20.8 Å². The molecule has 3 nitrogen and oxygen atoms in total. The first-order chi connectivity index (χ1) is 7.63. The first-order valence-electron chi connectivity index (χ1n) is 4.99. The Labute approximate surface area is 97.9 Å². The molecule has 0 amide bonds. The molecule has 0 aliphatic carbocycles. The average Bonchev–Trinajstić information content (AvgIpc) is 2.56. The number of halogens is 1. The van der Waals surface area contributed by atoms with Gasteiger partial charge in [-0.25, -0.2) is 4.79 Å². The van der Waals surface area contributed by atoms with Gasteiger partial charge < -0.3 is 9.15 Å². The molecule has 1 heterocycles. The first-order valence-corrected chi connectivity index (χ1v) is 5.37. The number of ether oxygens (including phenoxy) is 1. The summed E-state index contributed by atoms with van der Waals surface area (Å²) in [5, 5.41) is 1.46. The summed E-state index contributed by atoms with van der Waals surface area (Å²) < 4.78 is 10.3. The molecule has 0 saturated carbocycles. The van der Waals surface area contributed by atoms with Gasteiger partial charge in [0.2, 0.25) is 5.76 Å². The van der Waals surface area contributed by atoms with Gasteiger partial charge in [0.05, 0.1) is 6.61 Å². The number of hydrogen-bond donors (Lipinski definition) is 0. The number of carbonyl (C=O) groups is 1. The molecule has 0 atom stereocenters. The van der Waals surface area contributed by atoms with Crippen molar-refractivity contribution in [3.63, 3.8) is 0 Å². The molecule has 0 spiro atoms. The maximum absolute atomic E-state index is 11.6. The van der Waals surface area contributed by atoms with Crippen molar-refractivity contribution in [2.75, 3.05) is 6.61 Å². The summed E-state index contributed by atoms with van der Waals surface area (Å²) in [5.41, 5.74) is 1.39. The van der Waals surface area contributed by atoms with Gasteiger partial charge >= 0.3 is 5.97 Å². The number of furan rings is 1. The van der Waals surface area contributed by atoms with Crippen molar-refractivity contribution in [3.8, 4) is 0 Å². The van der Waals surface area contributed by atoms with Gasteiger partial charge in [0.25, 0.3) is 0 Å². The van der Waals surface area contributed by atoms with Gasteiger partial charge in [-0.15, -0.1) is 0 Å². The fourth-order valence-electron chi connectivity index (χ4n) is 1.59. The van der Waals surface area contributed by atoms with E-state index in [0.717, 1.165) is 10.9 Å². The van der Waals surface area contributed by atoms with Crippen LogP contribution >= 0.6 is 11.6 Å². The van der Waals surface area contributed by atoms with Gasteiger partial charge in [0.1, 0.15) is 5.58 Å². The van der Waals surface area contributed by atoms with Gasteiger partial charge in [-0.05, 0) is 26.0 Å². The number of carbonyl (C=O) groups excluding carboxylic acids is 1. The molecule has 0 radical (unpaired) electrons. The zero-order chi connectivity index (χ0) is 11.7. The minimum absolute atomic E-state index is 0.249. The lowest BCUT2D eigenvalue weighted by Gasteiger charge is -1.97. The second-order valence-electron chi connectivity index (χ2n) is 3.42. The van der Waals surface area contributed by atoms with E-state index < -0.39 is 5.97 Å². The summed E-state index contributed by atoms with van der Waals surface area (Å²) in [5.74, 6) is -0.188. The van der Waals surface area contributed by atoms with Crippen LogP contribution in [0.1, 0.15) is 23.0 Å². The molecular formula is C12H11ClO3. The lowest BCUT2D eigenvalue weighted by atomic mass is 10.1. The molecule has 0 bridgehead atoms.